The standard InChI is InChI=1S/C16H15N3O2S2/c1-10-14(23-16(19-10)12-4-3-7-22-12)15(20)18-9-11-5-6-13(21-2)17-8-11/h3-8H,9H2,1-2H3,(H,18,20). The Morgan fingerprint density at radius 1 is 1.35 bits per heavy atom. The lowest BCUT2D eigenvalue weighted by atomic mass is 10.3. The van der Waals surface area contributed by atoms with Crippen molar-refractivity contribution in [1.29, 1.82) is 0 Å². The van der Waals surface area contributed by atoms with Crippen LogP contribution >= 0.6 is 22.7 Å². The van der Waals surface area contributed by atoms with Crippen LogP contribution in [0.2, 0.25) is 0 Å². The third kappa shape index (κ3) is 3.57. The number of thiazole rings is 1. The monoisotopic (exact) mass is 345 g/mol. The van der Waals surface area contributed by atoms with E-state index in [1.807, 2.05) is 30.5 Å². The molecule has 0 spiro atoms. The van der Waals surface area contributed by atoms with Crippen LogP contribution in [0, 0.1) is 6.92 Å². The van der Waals surface area contributed by atoms with Crippen LogP contribution in [0.3, 0.4) is 0 Å². The first kappa shape index (κ1) is 15.6. The Hall–Kier alpha value is -2.25. The van der Waals surface area contributed by atoms with Crippen LogP contribution < -0.4 is 10.1 Å². The highest BCUT2D eigenvalue weighted by Gasteiger charge is 2.16. The van der Waals surface area contributed by atoms with Gasteiger partial charge in [-0.1, -0.05) is 12.1 Å². The third-order valence-electron chi connectivity index (χ3n) is 3.19. The van der Waals surface area contributed by atoms with E-state index in [9.17, 15) is 4.79 Å². The van der Waals surface area contributed by atoms with Crippen LogP contribution in [0.15, 0.2) is 35.8 Å². The molecule has 0 atom stereocenters. The van der Waals surface area contributed by atoms with E-state index in [0.29, 0.717) is 17.3 Å². The smallest absolute Gasteiger partial charge is 0.263 e. The molecule has 3 rings (SSSR count). The summed E-state index contributed by atoms with van der Waals surface area (Å²) in [6, 6.07) is 7.64. The number of carbonyl (C=O) groups is 1. The molecule has 0 aliphatic rings. The summed E-state index contributed by atoms with van der Waals surface area (Å²) >= 11 is 3.04. The molecule has 0 fully saturated rings. The van der Waals surface area contributed by atoms with Crippen LogP contribution in [-0.4, -0.2) is 23.0 Å². The van der Waals surface area contributed by atoms with Gasteiger partial charge in [-0.2, -0.15) is 0 Å². The maximum absolute atomic E-state index is 12.4. The van der Waals surface area contributed by atoms with Gasteiger partial charge in [0.15, 0.2) is 0 Å². The predicted molar refractivity (Wildman–Crippen MR) is 92.1 cm³/mol. The summed E-state index contributed by atoms with van der Waals surface area (Å²) in [5.41, 5.74) is 1.67. The van der Waals surface area contributed by atoms with Crippen molar-refractivity contribution in [3.63, 3.8) is 0 Å². The molecule has 0 aromatic carbocycles. The quantitative estimate of drug-likeness (QED) is 0.768. The Kier molecular flexibility index (Phi) is 4.68. The Labute approximate surface area is 142 Å². The maximum atomic E-state index is 12.4. The number of rotatable bonds is 5. The van der Waals surface area contributed by atoms with Crippen LogP contribution in [-0.2, 0) is 6.54 Å². The average molecular weight is 345 g/mol. The SMILES string of the molecule is COc1ccc(CNC(=O)c2sc(-c3cccs3)nc2C)cn1. The summed E-state index contributed by atoms with van der Waals surface area (Å²) in [4.78, 5) is 22.7. The van der Waals surface area contributed by atoms with E-state index in [4.69, 9.17) is 4.74 Å². The molecule has 1 N–H and O–H groups in total. The van der Waals surface area contributed by atoms with Gasteiger partial charge < -0.3 is 10.1 Å². The summed E-state index contributed by atoms with van der Waals surface area (Å²) in [7, 11) is 1.57. The summed E-state index contributed by atoms with van der Waals surface area (Å²) in [6.45, 7) is 2.28. The fourth-order valence-electron chi connectivity index (χ4n) is 2.01. The van der Waals surface area contributed by atoms with Gasteiger partial charge >= 0.3 is 0 Å². The number of amides is 1. The highest BCUT2D eigenvalue weighted by atomic mass is 32.1. The number of carbonyl (C=O) groups excluding carboxylic acids is 1. The molecule has 0 aliphatic heterocycles. The highest BCUT2D eigenvalue weighted by molar-refractivity contribution is 7.22. The Morgan fingerprint density at radius 2 is 2.22 bits per heavy atom. The van der Waals surface area contributed by atoms with Crippen LogP contribution in [0.1, 0.15) is 20.9 Å². The molecule has 3 aromatic rings. The minimum atomic E-state index is -0.112. The first-order valence-corrected chi connectivity index (χ1v) is 8.65. The first-order chi connectivity index (χ1) is 11.2. The van der Waals surface area contributed by atoms with Crippen molar-refractivity contribution in [2.75, 3.05) is 7.11 Å². The van der Waals surface area contributed by atoms with Gasteiger partial charge in [-0.15, -0.1) is 22.7 Å². The number of ether oxygens (including phenoxy) is 1. The van der Waals surface area contributed by atoms with Crippen molar-refractivity contribution in [3.05, 3.63) is 52.0 Å². The summed E-state index contributed by atoms with van der Waals surface area (Å²) in [6.07, 6.45) is 1.69. The molecule has 0 saturated carbocycles. The number of pyridine rings is 1. The Bertz CT molecular complexity index is 795. The van der Waals surface area contributed by atoms with Gasteiger partial charge in [-0.25, -0.2) is 9.97 Å². The zero-order valence-corrected chi connectivity index (χ0v) is 14.3. The number of hydrogen-bond acceptors (Lipinski definition) is 6. The van der Waals surface area contributed by atoms with Gasteiger partial charge in [0.25, 0.3) is 5.91 Å². The van der Waals surface area contributed by atoms with Crippen LogP contribution in [0.25, 0.3) is 9.88 Å². The van der Waals surface area contributed by atoms with Gasteiger partial charge in [-0.05, 0) is 23.9 Å². The predicted octanol–water partition coefficient (Wildman–Crippen LogP) is 3.51. The zero-order chi connectivity index (χ0) is 16.2. The van der Waals surface area contributed by atoms with Gasteiger partial charge in [0.05, 0.1) is 17.7 Å². The number of nitrogens with one attached hydrogen (secondary N) is 1. The van der Waals surface area contributed by atoms with Gasteiger partial charge in [0, 0.05) is 18.8 Å². The lowest BCUT2D eigenvalue weighted by Crippen LogP contribution is -2.22. The molecule has 0 unspecified atom stereocenters. The molecular weight excluding hydrogens is 330 g/mol. The molecule has 1 amide bonds. The van der Waals surface area contributed by atoms with Crippen molar-refractivity contribution < 1.29 is 9.53 Å². The number of methoxy groups -OCH3 is 1. The van der Waals surface area contributed by atoms with Gasteiger partial charge in [0.1, 0.15) is 9.88 Å². The number of thiophene rings is 1. The maximum Gasteiger partial charge on any atom is 0.263 e. The minimum absolute atomic E-state index is 0.112. The first-order valence-electron chi connectivity index (χ1n) is 6.96. The van der Waals surface area contributed by atoms with E-state index in [1.165, 1.54) is 11.3 Å². The fraction of sp³-hybridized carbons (Fsp3) is 0.188. The normalized spacial score (nSPS) is 10.5. The lowest BCUT2D eigenvalue weighted by Gasteiger charge is -2.05. The minimum Gasteiger partial charge on any atom is -0.481 e. The molecule has 0 radical (unpaired) electrons. The molecule has 23 heavy (non-hydrogen) atoms. The molecule has 0 saturated heterocycles. The van der Waals surface area contributed by atoms with Gasteiger partial charge in [0.2, 0.25) is 5.88 Å². The molecule has 7 heteroatoms. The lowest BCUT2D eigenvalue weighted by molar-refractivity contribution is 0.0954. The molecule has 0 aliphatic carbocycles. The Balaban J connectivity index is 1.68. The van der Waals surface area contributed by atoms with Crippen LogP contribution in [0.4, 0.5) is 0 Å². The molecule has 0 bridgehead atoms. The topological polar surface area (TPSA) is 64.1 Å². The zero-order valence-electron chi connectivity index (χ0n) is 12.7. The average Bonchev–Trinajstić information content (AvgIpc) is 3.22. The number of hydrogen-bond donors (Lipinski definition) is 1. The Morgan fingerprint density at radius 3 is 2.87 bits per heavy atom. The van der Waals surface area contributed by atoms with Crippen molar-refractivity contribution >= 4 is 28.6 Å². The van der Waals surface area contributed by atoms with E-state index < -0.39 is 0 Å². The molecule has 3 aromatic heterocycles. The second kappa shape index (κ2) is 6.89. The van der Waals surface area contributed by atoms with Crippen LogP contribution in [0.5, 0.6) is 5.88 Å². The van der Waals surface area contributed by atoms with Crippen molar-refractivity contribution in [2.45, 2.75) is 13.5 Å². The van der Waals surface area contributed by atoms with E-state index >= 15 is 0 Å². The molecular formula is C16H15N3O2S2. The van der Waals surface area contributed by atoms with Crippen molar-refractivity contribution in [1.82, 2.24) is 15.3 Å². The second-order valence-electron chi connectivity index (χ2n) is 4.80. The summed E-state index contributed by atoms with van der Waals surface area (Å²) in [5, 5.41) is 5.79. The molecule has 118 valence electrons. The van der Waals surface area contributed by atoms with Crippen molar-refractivity contribution in [2.24, 2.45) is 0 Å². The number of nitrogens with zero attached hydrogens (tertiary/aromatic N) is 2. The number of aryl methyl sites for hydroxylation is 1. The van der Waals surface area contributed by atoms with Crippen molar-refractivity contribution in [3.8, 4) is 15.8 Å². The van der Waals surface area contributed by atoms with E-state index in [2.05, 4.69) is 15.3 Å². The van der Waals surface area contributed by atoms with E-state index in [-0.39, 0.29) is 5.91 Å². The largest absolute Gasteiger partial charge is 0.481 e. The summed E-state index contributed by atoms with van der Waals surface area (Å²) < 4.78 is 5.01. The van der Waals surface area contributed by atoms with E-state index in [0.717, 1.165) is 21.1 Å². The highest BCUT2D eigenvalue weighted by Crippen LogP contribution is 2.30. The fourth-order valence-corrected chi connectivity index (χ4v) is 3.79. The van der Waals surface area contributed by atoms with E-state index in [1.54, 1.807) is 30.7 Å². The van der Waals surface area contributed by atoms with Gasteiger partial charge in [-0.3, -0.25) is 4.79 Å². The second-order valence-corrected chi connectivity index (χ2v) is 6.75. The summed E-state index contributed by atoms with van der Waals surface area (Å²) in [5.74, 6) is 0.442. The number of aromatic nitrogens is 2. The molecule has 5 nitrogen and oxygen atoms in total. The molecule has 3 heterocycles. The third-order valence-corrected chi connectivity index (χ3v) is 5.39.